The van der Waals surface area contributed by atoms with Gasteiger partial charge in [-0.2, -0.15) is 0 Å². The predicted octanol–water partition coefficient (Wildman–Crippen LogP) is 0.495. The highest BCUT2D eigenvalue weighted by atomic mass is 32.2. The molecule has 2 aromatic rings. The second-order valence-electron chi connectivity index (χ2n) is 5.30. The van der Waals surface area contributed by atoms with Crippen LogP contribution in [0, 0.1) is 0 Å². The zero-order valence-electron chi connectivity index (χ0n) is 13.9. The van der Waals surface area contributed by atoms with E-state index in [2.05, 4.69) is 15.0 Å². The summed E-state index contributed by atoms with van der Waals surface area (Å²) in [5, 5.41) is 11.7. The van der Waals surface area contributed by atoms with Crippen LogP contribution >= 0.6 is 0 Å². The van der Waals surface area contributed by atoms with Crippen molar-refractivity contribution in [3.63, 3.8) is 0 Å². The first-order valence-electron chi connectivity index (χ1n) is 7.61. The number of aromatic amines is 1. The van der Waals surface area contributed by atoms with Crippen LogP contribution in [0.4, 0.5) is 0 Å². The van der Waals surface area contributed by atoms with E-state index in [1.807, 2.05) is 0 Å². The number of methoxy groups -OCH3 is 1. The van der Waals surface area contributed by atoms with Crippen LogP contribution in [-0.4, -0.2) is 50.6 Å². The molecule has 1 heterocycles. The van der Waals surface area contributed by atoms with E-state index in [-0.39, 0.29) is 23.7 Å². The number of amides is 1. The van der Waals surface area contributed by atoms with Crippen molar-refractivity contribution < 1.29 is 27.9 Å². The minimum Gasteiger partial charge on any atom is -0.479 e. The second kappa shape index (κ2) is 8.61. The van der Waals surface area contributed by atoms with Crippen molar-refractivity contribution in [2.75, 3.05) is 20.3 Å². The molecule has 0 fully saturated rings. The number of benzene rings is 1. The molecule has 9 nitrogen and oxygen atoms in total. The smallest absolute Gasteiger partial charge is 0.330 e. The fraction of sp³-hybridized carbons (Fsp3) is 0.250. The number of hydrogen-bond donors (Lipinski definition) is 4. The lowest BCUT2D eigenvalue weighted by Crippen LogP contribution is -2.33. The molecule has 2 rings (SSSR count). The molecule has 1 atom stereocenters. The first-order chi connectivity index (χ1) is 12.3. The Bertz CT molecular complexity index is 863. The third-order valence-electron chi connectivity index (χ3n) is 3.47. The second-order valence-corrected chi connectivity index (χ2v) is 7.06. The molecule has 0 bridgehead atoms. The van der Waals surface area contributed by atoms with Gasteiger partial charge < -0.3 is 20.1 Å². The van der Waals surface area contributed by atoms with Gasteiger partial charge in [-0.1, -0.05) is 30.3 Å². The van der Waals surface area contributed by atoms with E-state index >= 15 is 0 Å². The van der Waals surface area contributed by atoms with Crippen LogP contribution in [0.1, 0.15) is 22.1 Å². The summed E-state index contributed by atoms with van der Waals surface area (Å²) in [5.74, 6) is -1.97. The number of carbonyl (C=O) groups excluding carboxylic acids is 1. The van der Waals surface area contributed by atoms with Gasteiger partial charge in [-0.3, -0.25) is 4.79 Å². The van der Waals surface area contributed by atoms with Gasteiger partial charge in [0.25, 0.3) is 5.91 Å². The molecule has 4 N–H and O–H groups in total. The number of ether oxygens (including phenoxy) is 1. The lowest BCUT2D eigenvalue weighted by Gasteiger charge is -2.14. The molecular formula is C16H19N3O6S. The molecule has 1 aromatic carbocycles. The Balaban J connectivity index is 2.13. The summed E-state index contributed by atoms with van der Waals surface area (Å²) in [7, 11) is -2.36. The molecular weight excluding hydrogens is 362 g/mol. The first-order valence-corrected chi connectivity index (χ1v) is 9.09. The summed E-state index contributed by atoms with van der Waals surface area (Å²) < 4.78 is 31.2. The SMILES string of the molecule is COCCNS(=O)(=O)c1c[nH]c(C(=O)N[C@H](C(=O)O)c2ccccc2)c1. The number of carboxylic acids is 1. The fourth-order valence-corrected chi connectivity index (χ4v) is 3.17. The minimum atomic E-state index is -3.80. The number of hydrogen-bond acceptors (Lipinski definition) is 5. The molecule has 140 valence electrons. The van der Waals surface area contributed by atoms with E-state index in [0.29, 0.717) is 5.56 Å². The molecule has 0 unspecified atom stereocenters. The normalized spacial score (nSPS) is 12.5. The average molecular weight is 381 g/mol. The zero-order chi connectivity index (χ0) is 19.2. The number of rotatable bonds is 9. The number of aliphatic carboxylic acids is 1. The number of carbonyl (C=O) groups is 2. The van der Waals surface area contributed by atoms with E-state index in [1.54, 1.807) is 30.3 Å². The van der Waals surface area contributed by atoms with Crippen LogP contribution in [-0.2, 0) is 19.6 Å². The van der Waals surface area contributed by atoms with Crippen LogP contribution in [0.2, 0.25) is 0 Å². The molecule has 0 saturated carbocycles. The number of H-pyrrole nitrogens is 1. The predicted molar refractivity (Wildman–Crippen MR) is 92.1 cm³/mol. The van der Waals surface area contributed by atoms with Gasteiger partial charge in [-0.25, -0.2) is 17.9 Å². The van der Waals surface area contributed by atoms with Crippen LogP contribution in [0.3, 0.4) is 0 Å². The van der Waals surface area contributed by atoms with E-state index in [0.717, 1.165) is 12.3 Å². The van der Waals surface area contributed by atoms with E-state index < -0.39 is 27.9 Å². The Kier molecular flexibility index (Phi) is 6.50. The van der Waals surface area contributed by atoms with Crippen LogP contribution in [0.15, 0.2) is 47.5 Å². The fourth-order valence-electron chi connectivity index (χ4n) is 2.16. The summed E-state index contributed by atoms with van der Waals surface area (Å²) in [6, 6.07) is 8.06. The van der Waals surface area contributed by atoms with Crippen molar-refractivity contribution in [3.8, 4) is 0 Å². The van der Waals surface area contributed by atoms with Crippen molar-refractivity contribution >= 4 is 21.9 Å². The molecule has 0 spiro atoms. The third kappa shape index (κ3) is 4.91. The summed E-state index contributed by atoms with van der Waals surface area (Å²) in [6.45, 7) is 0.287. The molecule has 26 heavy (non-hydrogen) atoms. The van der Waals surface area contributed by atoms with Gasteiger partial charge in [-0.15, -0.1) is 0 Å². The third-order valence-corrected chi connectivity index (χ3v) is 4.91. The molecule has 0 radical (unpaired) electrons. The topological polar surface area (TPSA) is 138 Å². The van der Waals surface area contributed by atoms with Crippen LogP contribution < -0.4 is 10.0 Å². The number of nitrogens with one attached hydrogen (secondary N) is 3. The quantitative estimate of drug-likeness (QED) is 0.467. The largest absolute Gasteiger partial charge is 0.479 e. The van der Waals surface area contributed by atoms with Crippen LogP contribution in [0.25, 0.3) is 0 Å². The zero-order valence-corrected chi connectivity index (χ0v) is 14.7. The number of aromatic nitrogens is 1. The lowest BCUT2D eigenvalue weighted by atomic mass is 10.1. The Morgan fingerprint density at radius 3 is 2.58 bits per heavy atom. The highest BCUT2D eigenvalue weighted by Gasteiger charge is 2.24. The highest BCUT2D eigenvalue weighted by Crippen LogP contribution is 2.15. The van der Waals surface area contributed by atoms with Gasteiger partial charge in [0.2, 0.25) is 10.0 Å². The minimum absolute atomic E-state index is 0.0701. The van der Waals surface area contributed by atoms with Gasteiger partial charge in [0.05, 0.1) is 6.61 Å². The lowest BCUT2D eigenvalue weighted by molar-refractivity contribution is -0.139. The molecule has 0 aliphatic rings. The molecule has 1 aromatic heterocycles. The maximum absolute atomic E-state index is 12.3. The van der Waals surface area contributed by atoms with Crippen LogP contribution in [0.5, 0.6) is 0 Å². The van der Waals surface area contributed by atoms with Gasteiger partial charge in [0.15, 0.2) is 6.04 Å². The number of carboxylic acid groups (broad SMARTS) is 1. The number of sulfonamides is 1. The van der Waals surface area contributed by atoms with Crippen molar-refractivity contribution in [1.29, 1.82) is 0 Å². The maximum Gasteiger partial charge on any atom is 0.330 e. The summed E-state index contributed by atoms with van der Waals surface area (Å²) in [4.78, 5) is 26.1. The van der Waals surface area contributed by atoms with Gasteiger partial charge in [0, 0.05) is 19.9 Å². The molecule has 0 saturated heterocycles. The van der Waals surface area contributed by atoms with Crippen molar-refractivity contribution in [3.05, 3.63) is 53.9 Å². The highest BCUT2D eigenvalue weighted by molar-refractivity contribution is 7.89. The molecule has 10 heteroatoms. The van der Waals surface area contributed by atoms with Gasteiger partial charge in [0.1, 0.15) is 10.6 Å². The summed E-state index contributed by atoms with van der Waals surface area (Å²) in [5.41, 5.74) is 0.327. The maximum atomic E-state index is 12.3. The van der Waals surface area contributed by atoms with E-state index in [9.17, 15) is 23.1 Å². The van der Waals surface area contributed by atoms with E-state index in [4.69, 9.17) is 4.74 Å². The van der Waals surface area contributed by atoms with E-state index in [1.165, 1.54) is 7.11 Å². The Morgan fingerprint density at radius 2 is 1.96 bits per heavy atom. The molecule has 1 amide bonds. The summed E-state index contributed by atoms with van der Waals surface area (Å²) >= 11 is 0. The van der Waals surface area contributed by atoms with Gasteiger partial charge in [-0.05, 0) is 11.6 Å². The Hall–Kier alpha value is -2.69. The molecule has 0 aliphatic carbocycles. The van der Waals surface area contributed by atoms with Crippen molar-refractivity contribution in [2.45, 2.75) is 10.9 Å². The van der Waals surface area contributed by atoms with Gasteiger partial charge >= 0.3 is 5.97 Å². The Labute approximate surface area is 150 Å². The Morgan fingerprint density at radius 1 is 1.27 bits per heavy atom. The monoisotopic (exact) mass is 381 g/mol. The standard InChI is InChI=1S/C16H19N3O6S/c1-25-8-7-18-26(23,24)12-9-13(17-10-12)15(20)19-14(16(21)22)11-5-3-2-4-6-11/h2-6,9-10,14,17-18H,7-8H2,1H3,(H,19,20)(H,21,22)/t14-/m0/s1. The van der Waals surface area contributed by atoms with Crippen molar-refractivity contribution in [2.24, 2.45) is 0 Å². The molecule has 0 aliphatic heterocycles. The van der Waals surface area contributed by atoms with Crippen molar-refractivity contribution in [1.82, 2.24) is 15.0 Å². The average Bonchev–Trinajstić information content (AvgIpc) is 3.11. The first kappa shape index (κ1) is 19.6. The summed E-state index contributed by atoms with van der Waals surface area (Å²) in [6.07, 6.45) is 1.16.